The molecule has 0 aliphatic heterocycles. The molecular formula is C24H25FN2O. The molecule has 0 heterocycles. The first-order chi connectivity index (χ1) is 13.7. The highest BCUT2D eigenvalue weighted by molar-refractivity contribution is 5.99. The van der Waals surface area contributed by atoms with Gasteiger partial charge in [0.25, 0.3) is 0 Å². The molecule has 3 aromatic carbocycles. The predicted molar refractivity (Wildman–Crippen MR) is 112 cm³/mol. The molecule has 28 heavy (non-hydrogen) atoms. The molecule has 4 heteroatoms. The van der Waals surface area contributed by atoms with E-state index in [-0.39, 0.29) is 11.8 Å². The van der Waals surface area contributed by atoms with Crippen LogP contribution in [0.1, 0.15) is 25.3 Å². The fraction of sp³-hybridized carbons (Fsp3) is 0.208. The number of anilines is 2. The minimum absolute atomic E-state index is 0.116. The Morgan fingerprint density at radius 1 is 0.821 bits per heavy atom. The van der Waals surface area contributed by atoms with Crippen LogP contribution in [0, 0.1) is 5.82 Å². The topological polar surface area (TPSA) is 23.6 Å². The van der Waals surface area contributed by atoms with E-state index in [1.54, 1.807) is 17.0 Å². The number of hydrogen-bond acceptors (Lipinski definition) is 1. The van der Waals surface area contributed by atoms with Crippen LogP contribution in [0.25, 0.3) is 0 Å². The lowest BCUT2D eigenvalue weighted by Gasteiger charge is -2.31. The third-order valence-electron chi connectivity index (χ3n) is 4.56. The van der Waals surface area contributed by atoms with E-state index in [2.05, 4.69) is 6.92 Å². The van der Waals surface area contributed by atoms with Crippen LogP contribution in [0.3, 0.4) is 0 Å². The van der Waals surface area contributed by atoms with Gasteiger partial charge in [0, 0.05) is 13.1 Å². The van der Waals surface area contributed by atoms with Gasteiger partial charge in [0.2, 0.25) is 0 Å². The second-order valence-electron chi connectivity index (χ2n) is 6.69. The number of rotatable bonds is 7. The third-order valence-corrected chi connectivity index (χ3v) is 4.56. The van der Waals surface area contributed by atoms with Crippen LogP contribution in [0.5, 0.6) is 0 Å². The number of amides is 2. The monoisotopic (exact) mass is 376 g/mol. The van der Waals surface area contributed by atoms with Crippen molar-refractivity contribution in [2.24, 2.45) is 0 Å². The number of halogens is 1. The van der Waals surface area contributed by atoms with Crippen molar-refractivity contribution in [3.63, 3.8) is 0 Å². The minimum atomic E-state index is -0.323. The number of carbonyl (C=O) groups is 1. The maximum atomic E-state index is 13.6. The number of carbonyl (C=O) groups excluding carboxylic acids is 1. The largest absolute Gasteiger partial charge is 0.329 e. The summed E-state index contributed by atoms with van der Waals surface area (Å²) in [4.78, 5) is 17.1. The van der Waals surface area contributed by atoms with E-state index < -0.39 is 0 Å². The molecule has 0 aliphatic rings. The van der Waals surface area contributed by atoms with Gasteiger partial charge < -0.3 is 4.90 Å². The Hall–Kier alpha value is -3.14. The van der Waals surface area contributed by atoms with Crippen molar-refractivity contribution in [1.82, 2.24) is 4.90 Å². The summed E-state index contributed by atoms with van der Waals surface area (Å²) < 4.78 is 13.5. The Kier molecular flexibility index (Phi) is 6.79. The van der Waals surface area contributed by atoms with Gasteiger partial charge in [-0.15, -0.1) is 0 Å². The number of urea groups is 1. The highest BCUT2D eigenvalue weighted by Crippen LogP contribution is 2.27. The zero-order chi connectivity index (χ0) is 19.8. The van der Waals surface area contributed by atoms with E-state index >= 15 is 0 Å². The van der Waals surface area contributed by atoms with Crippen molar-refractivity contribution >= 4 is 17.4 Å². The Balaban J connectivity index is 1.95. The minimum Gasteiger partial charge on any atom is -0.320 e. The Morgan fingerprint density at radius 2 is 1.39 bits per heavy atom. The van der Waals surface area contributed by atoms with Gasteiger partial charge >= 0.3 is 6.03 Å². The molecule has 0 unspecified atom stereocenters. The summed E-state index contributed by atoms with van der Waals surface area (Å²) in [5.41, 5.74) is 2.49. The zero-order valence-electron chi connectivity index (χ0n) is 16.1. The van der Waals surface area contributed by atoms with Crippen molar-refractivity contribution in [3.8, 4) is 0 Å². The van der Waals surface area contributed by atoms with E-state index in [1.807, 2.05) is 65.6 Å². The first-order valence-corrected chi connectivity index (χ1v) is 9.62. The summed E-state index contributed by atoms with van der Waals surface area (Å²) in [6.45, 7) is 3.30. The molecular weight excluding hydrogens is 351 g/mol. The maximum Gasteiger partial charge on any atom is 0.329 e. The molecule has 0 saturated heterocycles. The molecule has 3 rings (SSSR count). The quantitative estimate of drug-likeness (QED) is 0.469. The molecule has 0 bridgehead atoms. The van der Waals surface area contributed by atoms with Crippen LogP contribution in [0.4, 0.5) is 20.6 Å². The maximum absolute atomic E-state index is 13.6. The van der Waals surface area contributed by atoms with Crippen molar-refractivity contribution in [1.29, 1.82) is 0 Å². The molecule has 0 spiro atoms. The third kappa shape index (κ3) is 4.97. The van der Waals surface area contributed by atoms with Crippen LogP contribution >= 0.6 is 0 Å². The highest BCUT2D eigenvalue weighted by Gasteiger charge is 2.24. The van der Waals surface area contributed by atoms with Gasteiger partial charge in [0.05, 0.1) is 11.4 Å². The van der Waals surface area contributed by atoms with Crippen LogP contribution < -0.4 is 4.90 Å². The lowest BCUT2D eigenvalue weighted by atomic mass is 10.2. The van der Waals surface area contributed by atoms with Gasteiger partial charge in [-0.05, 0) is 48.4 Å². The van der Waals surface area contributed by atoms with Crippen molar-refractivity contribution in [2.45, 2.75) is 26.3 Å². The first-order valence-electron chi connectivity index (χ1n) is 9.62. The van der Waals surface area contributed by atoms with E-state index in [4.69, 9.17) is 0 Å². The molecule has 0 aromatic heterocycles. The van der Waals surface area contributed by atoms with E-state index in [1.165, 1.54) is 12.1 Å². The second kappa shape index (κ2) is 9.70. The molecule has 0 saturated carbocycles. The lowest BCUT2D eigenvalue weighted by molar-refractivity contribution is 0.203. The predicted octanol–water partition coefficient (Wildman–Crippen LogP) is 6.39. The van der Waals surface area contributed by atoms with Crippen molar-refractivity contribution in [3.05, 3.63) is 96.3 Å². The highest BCUT2D eigenvalue weighted by atomic mass is 19.1. The number of hydrogen-bond donors (Lipinski definition) is 0. The fourth-order valence-electron chi connectivity index (χ4n) is 3.07. The van der Waals surface area contributed by atoms with Crippen molar-refractivity contribution < 1.29 is 9.18 Å². The summed E-state index contributed by atoms with van der Waals surface area (Å²) in [5.74, 6) is -0.323. The molecule has 0 N–H and O–H groups in total. The lowest BCUT2D eigenvalue weighted by Crippen LogP contribution is -2.41. The summed E-state index contributed by atoms with van der Waals surface area (Å²) >= 11 is 0. The zero-order valence-corrected chi connectivity index (χ0v) is 16.1. The molecule has 3 aromatic rings. The summed E-state index contributed by atoms with van der Waals surface area (Å²) in [5, 5.41) is 0. The Bertz CT molecular complexity index is 866. The normalized spacial score (nSPS) is 10.5. The van der Waals surface area contributed by atoms with Gasteiger partial charge in [-0.2, -0.15) is 0 Å². The van der Waals surface area contributed by atoms with E-state index in [0.29, 0.717) is 18.8 Å². The second-order valence-corrected chi connectivity index (χ2v) is 6.69. The van der Waals surface area contributed by atoms with E-state index in [0.717, 1.165) is 24.1 Å². The van der Waals surface area contributed by atoms with Gasteiger partial charge in [-0.25, -0.2) is 9.18 Å². The van der Waals surface area contributed by atoms with Gasteiger partial charge in [0.1, 0.15) is 5.82 Å². The summed E-state index contributed by atoms with van der Waals surface area (Å²) in [7, 11) is 0. The molecule has 144 valence electrons. The van der Waals surface area contributed by atoms with Gasteiger partial charge in [-0.3, -0.25) is 4.90 Å². The number of benzene rings is 3. The molecule has 0 radical (unpaired) electrons. The summed E-state index contributed by atoms with van der Waals surface area (Å²) in [6, 6.07) is 25.4. The molecule has 0 aliphatic carbocycles. The van der Waals surface area contributed by atoms with Crippen LogP contribution in [0.15, 0.2) is 84.9 Å². The summed E-state index contributed by atoms with van der Waals surface area (Å²) in [6.07, 6.45) is 1.92. The van der Waals surface area contributed by atoms with Crippen molar-refractivity contribution in [2.75, 3.05) is 11.4 Å². The average Bonchev–Trinajstić information content (AvgIpc) is 2.74. The average molecular weight is 376 g/mol. The first kappa shape index (κ1) is 19.6. The van der Waals surface area contributed by atoms with Crippen LogP contribution in [-0.4, -0.2) is 17.5 Å². The number of nitrogens with zero attached hydrogens (tertiary/aromatic N) is 2. The smallest absolute Gasteiger partial charge is 0.320 e. The molecule has 3 nitrogen and oxygen atoms in total. The fourth-order valence-corrected chi connectivity index (χ4v) is 3.07. The molecule has 0 atom stereocenters. The Labute approximate surface area is 166 Å². The number of unbranched alkanes of at least 4 members (excludes halogenated alkanes) is 1. The Morgan fingerprint density at radius 3 is 2.00 bits per heavy atom. The van der Waals surface area contributed by atoms with Gasteiger partial charge in [-0.1, -0.05) is 61.9 Å². The van der Waals surface area contributed by atoms with Gasteiger partial charge in [0.15, 0.2) is 0 Å². The standard InChI is InChI=1S/C24H25FN2O/c1-2-3-18-26(19-20-10-6-4-7-11-20)24(28)27(22-12-8-5-9-13-22)23-16-14-21(25)15-17-23/h4-17H,2-3,18-19H2,1H3. The SMILES string of the molecule is CCCCN(Cc1ccccc1)C(=O)N(c1ccccc1)c1ccc(F)cc1. The number of para-hydroxylation sites is 1. The molecule has 0 fully saturated rings. The molecule has 2 amide bonds. The van der Waals surface area contributed by atoms with Crippen LogP contribution in [-0.2, 0) is 6.54 Å². The van der Waals surface area contributed by atoms with Crippen LogP contribution in [0.2, 0.25) is 0 Å². The van der Waals surface area contributed by atoms with E-state index in [9.17, 15) is 9.18 Å².